The van der Waals surface area contributed by atoms with Crippen LogP contribution in [-0.2, 0) is 22.4 Å². The number of nitrogens with one attached hydrogen (secondary N) is 1. The van der Waals surface area contributed by atoms with Crippen LogP contribution < -0.4 is 14.8 Å². The van der Waals surface area contributed by atoms with E-state index in [2.05, 4.69) is 40.5 Å². The maximum Gasteiger partial charge on any atom is 0.225 e. The van der Waals surface area contributed by atoms with Crippen LogP contribution in [0.4, 0.5) is 0 Å². The van der Waals surface area contributed by atoms with Gasteiger partial charge in [-0.2, -0.15) is 0 Å². The lowest BCUT2D eigenvalue weighted by molar-refractivity contribution is -0.129. The fraction of sp³-hybridized carbons (Fsp3) is 0.533. The molecule has 2 heterocycles. The molecule has 2 amide bonds. The molecule has 4 rings (SSSR count). The van der Waals surface area contributed by atoms with Gasteiger partial charge in [0.1, 0.15) is 0 Å². The first-order chi connectivity index (χ1) is 18.1. The van der Waals surface area contributed by atoms with E-state index in [9.17, 15) is 9.59 Å². The second kappa shape index (κ2) is 13.5. The second-order valence-electron chi connectivity index (χ2n) is 10.3. The predicted octanol–water partition coefficient (Wildman–Crippen LogP) is 3.56. The molecule has 2 aromatic carbocycles. The van der Waals surface area contributed by atoms with E-state index in [-0.39, 0.29) is 17.7 Å². The van der Waals surface area contributed by atoms with Gasteiger partial charge in [0, 0.05) is 26.1 Å². The zero-order valence-electron chi connectivity index (χ0n) is 22.3. The highest BCUT2D eigenvalue weighted by Crippen LogP contribution is 2.28. The average molecular weight is 508 g/mol. The van der Waals surface area contributed by atoms with Crippen molar-refractivity contribution in [2.75, 3.05) is 53.5 Å². The summed E-state index contributed by atoms with van der Waals surface area (Å²) in [5.74, 6) is 1.94. The molecule has 0 aromatic heterocycles. The smallest absolute Gasteiger partial charge is 0.225 e. The van der Waals surface area contributed by atoms with Gasteiger partial charge in [-0.05, 0) is 80.9 Å². The van der Waals surface area contributed by atoms with Crippen molar-refractivity contribution in [1.29, 1.82) is 0 Å². The normalized spacial score (nSPS) is 18.7. The molecule has 2 aliphatic rings. The zero-order valence-corrected chi connectivity index (χ0v) is 22.3. The molecule has 0 aliphatic carbocycles. The third-order valence-corrected chi connectivity index (χ3v) is 7.73. The molecule has 0 saturated carbocycles. The predicted molar refractivity (Wildman–Crippen MR) is 145 cm³/mol. The van der Waals surface area contributed by atoms with Crippen LogP contribution in [0, 0.1) is 11.8 Å². The van der Waals surface area contributed by atoms with E-state index in [4.69, 9.17) is 9.47 Å². The Morgan fingerprint density at radius 2 is 1.73 bits per heavy atom. The Bertz CT molecular complexity index is 1020. The van der Waals surface area contributed by atoms with Crippen LogP contribution in [0.5, 0.6) is 11.5 Å². The standard InChI is InChI=1S/C30H41N3O4/c1-36-27-10-9-24(20-28(27)37-2)13-18-33-22-26(21-29(33)34)30(35)31-14-6-15-32-16-11-25(12-17-32)19-23-7-4-3-5-8-23/h3-5,7-10,20,25-26H,6,11-19,21-22H2,1-2H3,(H,31,35)/t26-/m0/s1. The van der Waals surface area contributed by atoms with Crippen molar-refractivity contribution in [3.8, 4) is 11.5 Å². The third-order valence-electron chi connectivity index (χ3n) is 7.73. The van der Waals surface area contributed by atoms with Crippen LogP contribution in [0.25, 0.3) is 0 Å². The molecule has 2 saturated heterocycles. The monoisotopic (exact) mass is 507 g/mol. The number of carbonyl (C=O) groups is 2. The van der Waals surface area contributed by atoms with E-state index in [1.54, 1.807) is 19.1 Å². The summed E-state index contributed by atoms with van der Waals surface area (Å²) in [7, 11) is 3.23. The molecule has 0 bridgehead atoms. The Labute approximate surface area is 221 Å². The summed E-state index contributed by atoms with van der Waals surface area (Å²) in [4.78, 5) is 29.5. The topological polar surface area (TPSA) is 71.1 Å². The van der Waals surface area contributed by atoms with E-state index in [1.807, 2.05) is 18.2 Å². The van der Waals surface area contributed by atoms with E-state index in [0.29, 0.717) is 44.0 Å². The van der Waals surface area contributed by atoms with Gasteiger partial charge in [0.05, 0.1) is 20.1 Å². The molecule has 37 heavy (non-hydrogen) atoms. The summed E-state index contributed by atoms with van der Waals surface area (Å²) < 4.78 is 10.7. The molecule has 7 nitrogen and oxygen atoms in total. The molecule has 1 N–H and O–H groups in total. The fourth-order valence-corrected chi connectivity index (χ4v) is 5.48. The van der Waals surface area contributed by atoms with Gasteiger partial charge in [-0.3, -0.25) is 9.59 Å². The van der Waals surface area contributed by atoms with E-state index < -0.39 is 0 Å². The average Bonchev–Trinajstić information content (AvgIpc) is 3.31. The number of rotatable bonds is 12. The van der Waals surface area contributed by atoms with Crippen LogP contribution in [0.15, 0.2) is 48.5 Å². The summed E-state index contributed by atoms with van der Waals surface area (Å²) in [6, 6.07) is 16.6. The Kier molecular flexibility index (Phi) is 9.83. The van der Waals surface area contributed by atoms with Gasteiger partial charge >= 0.3 is 0 Å². The van der Waals surface area contributed by atoms with E-state index >= 15 is 0 Å². The lowest BCUT2D eigenvalue weighted by Gasteiger charge is -2.32. The Morgan fingerprint density at radius 3 is 2.46 bits per heavy atom. The molecule has 0 unspecified atom stereocenters. The summed E-state index contributed by atoms with van der Waals surface area (Å²) >= 11 is 0. The summed E-state index contributed by atoms with van der Waals surface area (Å²) in [5, 5.41) is 3.07. The minimum Gasteiger partial charge on any atom is -0.493 e. The van der Waals surface area contributed by atoms with E-state index in [1.165, 1.54) is 24.8 Å². The fourth-order valence-electron chi connectivity index (χ4n) is 5.48. The quantitative estimate of drug-likeness (QED) is 0.445. The molecule has 1 atom stereocenters. The second-order valence-corrected chi connectivity index (χ2v) is 10.3. The zero-order chi connectivity index (χ0) is 26.0. The van der Waals surface area contributed by atoms with Gasteiger partial charge in [0.2, 0.25) is 11.8 Å². The molecule has 7 heteroatoms. The van der Waals surface area contributed by atoms with Crippen LogP contribution in [0.1, 0.15) is 36.8 Å². The van der Waals surface area contributed by atoms with Gasteiger partial charge in [0.15, 0.2) is 11.5 Å². The van der Waals surface area contributed by atoms with Crippen LogP contribution in [0.2, 0.25) is 0 Å². The number of hydrogen-bond acceptors (Lipinski definition) is 5. The number of methoxy groups -OCH3 is 2. The van der Waals surface area contributed by atoms with Gasteiger partial charge in [-0.25, -0.2) is 0 Å². The number of ether oxygens (including phenoxy) is 2. The van der Waals surface area contributed by atoms with Crippen molar-refractivity contribution in [2.24, 2.45) is 11.8 Å². The van der Waals surface area contributed by atoms with Crippen molar-refractivity contribution in [3.05, 3.63) is 59.7 Å². The summed E-state index contributed by atoms with van der Waals surface area (Å²) in [6.07, 6.45) is 5.61. The number of nitrogens with zero attached hydrogens (tertiary/aromatic N) is 2. The van der Waals surface area contributed by atoms with Gasteiger partial charge < -0.3 is 24.6 Å². The molecule has 0 radical (unpaired) electrons. The van der Waals surface area contributed by atoms with Crippen LogP contribution >= 0.6 is 0 Å². The van der Waals surface area contributed by atoms with E-state index in [0.717, 1.165) is 37.5 Å². The first-order valence-electron chi connectivity index (χ1n) is 13.6. The highest BCUT2D eigenvalue weighted by molar-refractivity contribution is 5.89. The largest absolute Gasteiger partial charge is 0.493 e. The minimum atomic E-state index is -0.258. The van der Waals surface area contributed by atoms with Crippen molar-refractivity contribution >= 4 is 11.8 Å². The highest BCUT2D eigenvalue weighted by Gasteiger charge is 2.33. The van der Waals surface area contributed by atoms with Crippen LogP contribution in [0.3, 0.4) is 0 Å². The molecule has 0 spiro atoms. The number of benzene rings is 2. The first-order valence-corrected chi connectivity index (χ1v) is 13.6. The first kappa shape index (κ1) is 27.0. The molecule has 2 aliphatic heterocycles. The summed E-state index contributed by atoms with van der Waals surface area (Å²) in [5.41, 5.74) is 2.51. The lowest BCUT2D eigenvalue weighted by Crippen LogP contribution is -2.38. The minimum absolute atomic E-state index is 0.00327. The highest BCUT2D eigenvalue weighted by atomic mass is 16.5. The summed E-state index contributed by atoms with van der Waals surface area (Å²) in [6.45, 7) is 5.04. The maximum atomic E-state index is 12.7. The molecular weight excluding hydrogens is 466 g/mol. The molecular formula is C30H41N3O4. The van der Waals surface area contributed by atoms with Gasteiger partial charge in [-0.1, -0.05) is 36.4 Å². The van der Waals surface area contributed by atoms with Crippen molar-refractivity contribution < 1.29 is 19.1 Å². The van der Waals surface area contributed by atoms with Crippen molar-refractivity contribution in [3.63, 3.8) is 0 Å². The SMILES string of the molecule is COc1ccc(CCN2C[C@@H](C(=O)NCCCN3CCC(Cc4ccccc4)CC3)CC2=O)cc1OC. The third kappa shape index (κ3) is 7.71. The Hall–Kier alpha value is -3.06. The Balaban J connectivity index is 1.11. The molecule has 2 aromatic rings. The number of likely N-dealkylation sites (tertiary alicyclic amines) is 2. The Morgan fingerprint density at radius 1 is 0.973 bits per heavy atom. The number of carbonyl (C=O) groups excluding carboxylic acids is 2. The molecule has 200 valence electrons. The number of amides is 2. The van der Waals surface area contributed by atoms with Gasteiger partial charge in [0.25, 0.3) is 0 Å². The van der Waals surface area contributed by atoms with Gasteiger partial charge in [-0.15, -0.1) is 0 Å². The van der Waals surface area contributed by atoms with Crippen molar-refractivity contribution in [1.82, 2.24) is 15.1 Å². The molecule has 2 fully saturated rings. The number of hydrogen-bond donors (Lipinski definition) is 1. The lowest BCUT2D eigenvalue weighted by atomic mass is 9.90. The van der Waals surface area contributed by atoms with Crippen molar-refractivity contribution in [2.45, 2.75) is 38.5 Å². The van der Waals surface area contributed by atoms with Crippen LogP contribution in [-0.4, -0.2) is 75.1 Å². The maximum absolute atomic E-state index is 12.7. The number of piperidine rings is 1.